The number of carbonyl (C=O) groups excluding carboxylic acids is 2. The molecule has 2 heterocycles. The lowest BCUT2D eigenvalue weighted by molar-refractivity contribution is -0.125. The molecule has 1 atom stereocenters. The Morgan fingerprint density at radius 2 is 2.19 bits per heavy atom. The second-order valence-corrected chi connectivity index (χ2v) is 5.07. The third kappa shape index (κ3) is 3.93. The molecule has 2 amide bonds. The molecule has 0 radical (unpaired) electrons. The van der Waals surface area contributed by atoms with Gasteiger partial charge in [0, 0.05) is 32.3 Å². The van der Waals surface area contributed by atoms with E-state index in [0.717, 1.165) is 24.5 Å². The van der Waals surface area contributed by atoms with Crippen molar-refractivity contribution < 1.29 is 9.59 Å². The highest BCUT2D eigenvalue weighted by Gasteiger charge is 2.26. The third-order valence-electron chi connectivity index (χ3n) is 3.68. The smallest absolute Gasteiger partial charge is 0.242 e. The van der Waals surface area contributed by atoms with E-state index < -0.39 is 0 Å². The van der Waals surface area contributed by atoms with Crippen LogP contribution in [0, 0.1) is 0 Å². The fourth-order valence-corrected chi connectivity index (χ4v) is 2.38. The molecule has 0 saturated carbocycles. The number of pyridine rings is 1. The van der Waals surface area contributed by atoms with E-state index >= 15 is 0 Å². The second-order valence-electron chi connectivity index (χ2n) is 5.07. The Kier molecular flexibility index (Phi) is 5.14. The molecule has 1 fully saturated rings. The Balaban J connectivity index is 1.86. The lowest BCUT2D eigenvalue weighted by Crippen LogP contribution is -2.41. The van der Waals surface area contributed by atoms with Crippen molar-refractivity contribution >= 4 is 17.6 Å². The molecule has 1 unspecified atom stereocenters. The minimum absolute atomic E-state index is 0.0552. The fourth-order valence-electron chi connectivity index (χ4n) is 2.38. The van der Waals surface area contributed by atoms with Crippen LogP contribution in [-0.2, 0) is 16.1 Å². The van der Waals surface area contributed by atoms with Gasteiger partial charge in [-0.25, -0.2) is 4.98 Å². The van der Waals surface area contributed by atoms with Gasteiger partial charge in [-0.1, -0.05) is 6.07 Å². The number of anilines is 1. The molecule has 2 rings (SSSR count). The van der Waals surface area contributed by atoms with Crippen molar-refractivity contribution in [2.45, 2.75) is 39.3 Å². The molecule has 1 saturated heterocycles. The molecular formula is C15H22N4O2. The second kappa shape index (κ2) is 7.06. The monoisotopic (exact) mass is 290 g/mol. The highest BCUT2D eigenvalue weighted by atomic mass is 16.2. The maximum absolute atomic E-state index is 11.9. The summed E-state index contributed by atoms with van der Waals surface area (Å²) in [6, 6.07) is 3.54. The van der Waals surface area contributed by atoms with E-state index in [0.29, 0.717) is 19.4 Å². The Labute approximate surface area is 124 Å². The van der Waals surface area contributed by atoms with Crippen LogP contribution in [0.3, 0.4) is 0 Å². The molecular weight excluding hydrogens is 268 g/mol. The molecule has 0 aliphatic carbocycles. The Hall–Kier alpha value is -2.11. The molecule has 0 spiro atoms. The van der Waals surface area contributed by atoms with Gasteiger partial charge >= 0.3 is 0 Å². The number of hydrogen-bond acceptors (Lipinski definition) is 4. The number of nitrogens with zero attached hydrogens (tertiary/aromatic N) is 2. The first kappa shape index (κ1) is 15.3. The van der Waals surface area contributed by atoms with Gasteiger partial charge in [-0.15, -0.1) is 0 Å². The van der Waals surface area contributed by atoms with Crippen molar-refractivity contribution in [3.05, 3.63) is 23.9 Å². The average molecular weight is 290 g/mol. The van der Waals surface area contributed by atoms with Gasteiger partial charge in [0.25, 0.3) is 0 Å². The molecule has 6 nitrogen and oxygen atoms in total. The standard InChI is InChI=1S/C15H22N4O2/c1-3-19(4-2)13-7-5-11(9-16-13)10-17-15(21)12-6-8-14(20)18-12/h5,7,9,12H,3-4,6,8,10H2,1-2H3,(H,17,21)(H,18,20). The fraction of sp³-hybridized carbons (Fsp3) is 0.533. The van der Waals surface area contributed by atoms with Crippen molar-refractivity contribution in [2.24, 2.45) is 0 Å². The molecule has 21 heavy (non-hydrogen) atoms. The number of carbonyl (C=O) groups is 2. The minimum Gasteiger partial charge on any atom is -0.357 e. The lowest BCUT2D eigenvalue weighted by Gasteiger charge is -2.19. The van der Waals surface area contributed by atoms with E-state index in [1.165, 1.54) is 0 Å². The first-order chi connectivity index (χ1) is 10.1. The quantitative estimate of drug-likeness (QED) is 0.813. The van der Waals surface area contributed by atoms with Gasteiger partial charge in [0.05, 0.1) is 0 Å². The van der Waals surface area contributed by atoms with Gasteiger partial charge < -0.3 is 15.5 Å². The minimum atomic E-state index is -0.389. The summed E-state index contributed by atoms with van der Waals surface area (Å²) >= 11 is 0. The van der Waals surface area contributed by atoms with Crippen LogP contribution >= 0.6 is 0 Å². The average Bonchev–Trinajstić information content (AvgIpc) is 2.94. The Morgan fingerprint density at radius 1 is 1.43 bits per heavy atom. The van der Waals surface area contributed by atoms with E-state index in [2.05, 4.69) is 34.4 Å². The molecule has 0 bridgehead atoms. The highest BCUT2D eigenvalue weighted by molar-refractivity contribution is 5.90. The Morgan fingerprint density at radius 3 is 2.71 bits per heavy atom. The largest absolute Gasteiger partial charge is 0.357 e. The van der Waals surface area contributed by atoms with Gasteiger partial charge in [-0.3, -0.25) is 9.59 Å². The van der Waals surface area contributed by atoms with Gasteiger partial charge in [0.1, 0.15) is 11.9 Å². The first-order valence-electron chi connectivity index (χ1n) is 7.41. The van der Waals surface area contributed by atoms with Crippen molar-refractivity contribution in [1.82, 2.24) is 15.6 Å². The molecule has 114 valence electrons. The molecule has 0 aromatic carbocycles. The van der Waals surface area contributed by atoms with Crippen molar-refractivity contribution in [3.8, 4) is 0 Å². The van der Waals surface area contributed by atoms with Crippen LogP contribution in [0.1, 0.15) is 32.3 Å². The number of amides is 2. The number of hydrogen-bond donors (Lipinski definition) is 2. The summed E-state index contributed by atoms with van der Waals surface area (Å²) in [4.78, 5) is 29.5. The van der Waals surface area contributed by atoms with Crippen LogP contribution < -0.4 is 15.5 Å². The number of aromatic nitrogens is 1. The summed E-state index contributed by atoms with van der Waals surface area (Å²) in [6.07, 6.45) is 2.78. The molecule has 2 N–H and O–H groups in total. The van der Waals surface area contributed by atoms with E-state index in [4.69, 9.17) is 0 Å². The zero-order valence-corrected chi connectivity index (χ0v) is 12.6. The van der Waals surface area contributed by atoms with Crippen molar-refractivity contribution in [2.75, 3.05) is 18.0 Å². The van der Waals surface area contributed by atoms with Crippen LogP contribution in [0.15, 0.2) is 18.3 Å². The van der Waals surface area contributed by atoms with Crippen LogP contribution in [-0.4, -0.2) is 35.9 Å². The summed E-state index contributed by atoms with van der Waals surface area (Å²) in [5, 5.41) is 5.49. The van der Waals surface area contributed by atoms with Crippen LogP contribution in [0.2, 0.25) is 0 Å². The zero-order valence-electron chi connectivity index (χ0n) is 12.6. The van der Waals surface area contributed by atoms with Crippen molar-refractivity contribution in [3.63, 3.8) is 0 Å². The number of nitrogens with one attached hydrogen (secondary N) is 2. The summed E-state index contributed by atoms with van der Waals surface area (Å²) in [6.45, 7) is 6.45. The Bertz CT molecular complexity index is 497. The predicted molar refractivity (Wildman–Crippen MR) is 80.8 cm³/mol. The topological polar surface area (TPSA) is 74.3 Å². The maximum Gasteiger partial charge on any atom is 0.242 e. The summed E-state index contributed by atoms with van der Waals surface area (Å²) in [7, 11) is 0. The molecule has 1 aliphatic heterocycles. The van der Waals surface area contributed by atoms with E-state index in [1.807, 2.05) is 12.1 Å². The summed E-state index contributed by atoms with van der Waals surface area (Å²) in [5.41, 5.74) is 0.948. The summed E-state index contributed by atoms with van der Waals surface area (Å²) in [5.74, 6) is 0.757. The maximum atomic E-state index is 11.9. The van der Waals surface area contributed by atoms with E-state index in [1.54, 1.807) is 6.20 Å². The normalized spacial score (nSPS) is 17.4. The van der Waals surface area contributed by atoms with E-state index in [9.17, 15) is 9.59 Å². The zero-order chi connectivity index (χ0) is 15.2. The molecule has 1 aromatic heterocycles. The van der Waals surface area contributed by atoms with Crippen LogP contribution in [0.4, 0.5) is 5.82 Å². The lowest BCUT2D eigenvalue weighted by atomic mass is 10.2. The third-order valence-corrected chi connectivity index (χ3v) is 3.68. The molecule has 1 aliphatic rings. The van der Waals surface area contributed by atoms with Gasteiger partial charge in [0.2, 0.25) is 11.8 Å². The van der Waals surface area contributed by atoms with Gasteiger partial charge in [-0.2, -0.15) is 0 Å². The van der Waals surface area contributed by atoms with Crippen LogP contribution in [0.5, 0.6) is 0 Å². The van der Waals surface area contributed by atoms with E-state index in [-0.39, 0.29) is 17.9 Å². The highest BCUT2D eigenvalue weighted by Crippen LogP contribution is 2.11. The molecule has 6 heteroatoms. The van der Waals surface area contributed by atoms with Crippen LogP contribution in [0.25, 0.3) is 0 Å². The van der Waals surface area contributed by atoms with Gasteiger partial charge in [0.15, 0.2) is 0 Å². The molecule has 1 aromatic rings. The van der Waals surface area contributed by atoms with Gasteiger partial charge in [-0.05, 0) is 31.9 Å². The predicted octanol–water partition coefficient (Wildman–Crippen LogP) is 0.823. The van der Waals surface area contributed by atoms with Crippen molar-refractivity contribution in [1.29, 1.82) is 0 Å². The number of rotatable bonds is 6. The summed E-state index contributed by atoms with van der Waals surface area (Å²) < 4.78 is 0. The first-order valence-corrected chi connectivity index (χ1v) is 7.41. The SMILES string of the molecule is CCN(CC)c1ccc(CNC(=O)C2CCC(=O)N2)cn1.